The first-order valence-electron chi connectivity index (χ1n) is 10.6. The number of benzene rings is 2. The summed E-state index contributed by atoms with van der Waals surface area (Å²) in [4.78, 5) is 37.5. The summed E-state index contributed by atoms with van der Waals surface area (Å²) >= 11 is 1.32. The molecular formula is C24H22N2O6S2. The minimum Gasteiger partial charge on any atom is -0.454 e. The summed E-state index contributed by atoms with van der Waals surface area (Å²) in [6, 6.07) is 15.3. The summed E-state index contributed by atoms with van der Waals surface area (Å²) in [5, 5.41) is 4.54. The Kier molecular flexibility index (Phi) is 7.20. The molecule has 2 aromatic carbocycles. The lowest BCUT2D eigenvalue weighted by Gasteiger charge is -2.15. The Labute approximate surface area is 201 Å². The normalized spacial score (nSPS) is 14.0. The third-order valence-corrected chi connectivity index (χ3v) is 8.12. The number of amides is 1. The van der Waals surface area contributed by atoms with Crippen molar-refractivity contribution in [2.24, 2.45) is 0 Å². The van der Waals surface area contributed by atoms with Crippen LogP contribution in [0.25, 0.3) is 0 Å². The van der Waals surface area contributed by atoms with E-state index < -0.39 is 28.4 Å². The second kappa shape index (κ2) is 10.3. The van der Waals surface area contributed by atoms with E-state index in [1.807, 2.05) is 0 Å². The second-order valence-electron chi connectivity index (χ2n) is 7.64. The number of esters is 1. The van der Waals surface area contributed by atoms with E-state index in [0.29, 0.717) is 23.7 Å². The molecule has 3 aromatic rings. The van der Waals surface area contributed by atoms with E-state index in [2.05, 4.69) is 5.32 Å². The molecular weight excluding hydrogens is 476 g/mol. The number of hydrogen-bond donors (Lipinski definition) is 1. The van der Waals surface area contributed by atoms with Gasteiger partial charge in [0, 0.05) is 24.3 Å². The van der Waals surface area contributed by atoms with Gasteiger partial charge in [0.2, 0.25) is 10.0 Å². The van der Waals surface area contributed by atoms with E-state index in [1.165, 1.54) is 52.0 Å². The number of nitrogens with one attached hydrogen (secondary N) is 1. The first-order chi connectivity index (χ1) is 16.3. The van der Waals surface area contributed by atoms with Crippen LogP contribution < -0.4 is 5.32 Å². The molecule has 0 saturated carbocycles. The fourth-order valence-corrected chi connectivity index (χ4v) is 5.61. The minimum atomic E-state index is -3.56. The number of Topliss-reactive ketones (excluding diaryl/α,β-unsaturated/α-hetero) is 1. The Hall–Kier alpha value is -3.34. The number of ketones is 1. The van der Waals surface area contributed by atoms with Crippen LogP contribution in [0.2, 0.25) is 0 Å². The van der Waals surface area contributed by atoms with Crippen molar-refractivity contribution < 1.29 is 27.5 Å². The Morgan fingerprint density at radius 2 is 1.56 bits per heavy atom. The molecule has 0 aliphatic carbocycles. The van der Waals surface area contributed by atoms with Gasteiger partial charge in [-0.2, -0.15) is 4.31 Å². The van der Waals surface area contributed by atoms with Crippen LogP contribution in [-0.2, 0) is 14.8 Å². The van der Waals surface area contributed by atoms with Crippen LogP contribution in [0.5, 0.6) is 0 Å². The molecule has 0 spiro atoms. The number of thiophene rings is 1. The van der Waals surface area contributed by atoms with Gasteiger partial charge in [0.05, 0.1) is 15.3 Å². The molecule has 1 aromatic heterocycles. The Bertz CT molecular complexity index is 1280. The summed E-state index contributed by atoms with van der Waals surface area (Å²) in [5.41, 5.74) is 1.00. The number of carbonyl (C=O) groups excluding carboxylic acids is 3. The molecule has 0 radical (unpaired) electrons. The highest BCUT2D eigenvalue weighted by Gasteiger charge is 2.27. The van der Waals surface area contributed by atoms with Crippen LogP contribution in [0.3, 0.4) is 0 Å². The van der Waals surface area contributed by atoms with Crippen LogP contribution in [0, 0.1) is 0 Å². The monoisotopic (exact) mass is 498 g/mol. The smallest absolute Gasteiger partial charge is 0.338 e. The number of rotatable bonds is 8. The lowest BCUT2D eigenvalue weighted by atomic mass is 10.1. The molecule has 176 valence electrons. The van der Waals surface area contributed by atoms with Gasteiger partial charge in [0.25, 0.3) is 5.91 Å². The Morgan fingerprint density at radius 3 is 2.18 bits per heavy atom. The van der Waals surface area contributed by atoms with Crippen molar-refractivity contribution in [2.75, 3.05) is 25.0 Å². The fourth-order valence-electron chi connectivity index (χ4n) is 3.48. The predicted octanol–water partition coefficient (Wildman–Crippen LogP) is 3.82. The number of hydrogen-bond acceptors (Lipinski definition) is 7. The van der Waals surface area contributed by atoms with Crippen LogP contribution in [-0.4, -0.2) is 50.1 Å². The van der Waals surface area contributed by atoms with Crippen molar-refractivity contribution in [3.63, 3.8) is 0 Å². The molecule has 0 unspecified atom stereocenters. The van der Waals surface area contributed by atoms with Gasteiger partial charge in [-0.1, -0.05) is 6.07 Å². The number of anilines is 1. The zero-order valence-electron chi connectivity index (χ0n) is 18.1. The standard InChI is InChI=1S/C24H22N2O6S2/c27-21(17-7-11-20(12-8-17)34(30,31)26-13-1-2-14-26)16-32-24(29)18-5-9-19(10-6-18)25-23(28)22-4-3-15-33-22/h3-12,15H,1-2,13-14,16H2,(H,25,28). The van der Waals surface area contributed by atoms with Gasteiger partial charge < -0.3 is 10.1 Å². The maximum absolute atomic E-state index is 12.6. The molecule has 8 nitrogen and oxygen atoms in total. The first-order valence-corrected chi connectivity index (χ1v) is 12.9. The third kappa shape index (κ3) is 5.41. The quantitative estimate of drug-likeness (QED) is 0.373. The maximum Gasteiger partial charge on any atom is 0.338 e. The lowest BCUT2D eigenvalue weighted by molar-refractivity contribution is 0.0475. The molecule has 1 amide bonds. The van der Waals surface area contributed by atoms with Gasteiger partial charge in [0.1, 0.15) is 0 Å². The zero-order chi connectivity index (χ0) is 24.1. The number of nitrogens with zero attached hydrogens (tertiary/aromatic N) is 1. The van der Waals surface area contributed by atoms with Crippen LogP contribution in [0.15, 0.2) is 70.9 Å². The van der Waals surface area contributed by atoms with Gasteiger partial charge in [-0.05, 0) is 72.8 Å². The van der Waals surface area contributed by atoms with Crippen molar-refractivity contribution in [3.8, 4) is 0 Å². The highest BCUT2D eigenvalue weighted by molar-refractivity contribution is 7.89. The predicted molar refractivity (Wildman–Crippen MR) is 128 cm³/mol. The van der Waals surface area contributed by atoms with E-state index in [-0.39, 0.29) is 21.9 Å². The molecule has 1 N–H and O–H groups in total. The van der Waals surface area contributed by atoms with E-state index in [0.717, 1.165) is 12.8 Å². The average Bonchev–Trinajstić information content (AvgIpc) is 3.58. The zero-order valence-corrected chi connectivity index (χ0v) is 19.7. The van der Waals surface area contributed by atoms with Crippen molar-refractivity contribution in [1.82, 2.24) is 4.31 Å². The summed E-state index contributed by atoms with van der Waals surface area (Å²) in [6.45, 7) is 0.524. The molecule has 1 fully saturated rings. The molecule has 4 rings (SSSR count). The first kappa shape index (κ1) is 23.8. The summed E-state index contributed by atoms with van der Waals surface area (Å²) in [7, 11) is -3.56. The number of ether oxygens (including phenoxy) is 1. The molecule has 0 bridgehead atoms. The van der Waals surface area contributed by atoms with Crippen molar-refractivity contribution in [1.29, 1.82) is 0 Å². The summed E-state index contributed by atoms with van der Waals surface area (Å²) in [6.07, 6.45) is 1.68. The van der Waals surface area contributed by atoms with Gasteiger partial charge in [0.15, 0.2) is 12.4 Å². The van der Waals surface area contributed by atoms with E-state index >= 15 is 0 Å². The molecule has 1 aliphatic rings. The largest absolute Gasteiger partial charge is 0.454 e. The second-order valence-corrected chi connectivity index (χ2v) is 10.5. The van der Waals surface area contributed by atoms with Gasteiger partial charge in [-0.3, -0.25) is 9.59 Å². The van der Waals surface area contributed by atoms with E-state index in [1.54, 1.807) is 29.6 Å². The summed E-state index contributed by atoms with van der Waals surface area (Å²) < 4.78 is 31.7. The van der Waals surface area contributed by atoms with Gasteiger partial charge in [-0.25, -0.2) is 13.2 Å². The molecule has 2 heterocycles. The molecule has 1 saturated heterocycles. The third-order valence-electron chi connectivity index (χ3n) is 5.34. The van der Waals surface area contributed by atoms with Crippen molar-refractivity contribution in [2.45, 2.75) is 17.7 Å². The van der Waals surface area contributed by atoms with E-state index in [9.17, 15) is 22.8 Å². The topological polar surface area (TPSA) is 110 Å². The summed E-state index contributed by atoms with van der Waals surface area (Å²) in [5.74, 6) is -1.37. The molecule has 34 heavy (non-hydrogen) atoms. The minimum absolute atomic E-state index is 0.134. The fraction of sp³-hybridized carbons (Fsp3) is 0.208. The van der Waals surface area contributed by atoms with Crippen molar-refractivity contribution >= 4 is 44.7 Å². The maximum atomic E-state index is 12.6. The average molecular weight is 499 g/mol. The van der Waals surface area contributed by atoms with Gasteiger partial charge >= 0.3 is 5.97 Å². The van der Waals surface area contributed by atoms with Crippen LogP contribution in [0.1, 0.15) is 43.2 Å². The molecule has 0 atom stereocenters. The molecule has 1 aliphatic heterocycles. The Morgan fingerprint density at radius 1 is 0.912 bits per heavy atom. The van der Waals surface area contributed by atoms with Crippen LogP contribution >= 0.6 is 11.3 Å². The lowest BCUT2D eigenvalue weighted by Crippen LogP contribution is -2.27. The van der Waals surface area contributed by atoms with E-state index in [4.69, 9.17) is 4.74 Å². The van der Waals surface area contributed by atoms with Gasteiger partial charge in [-0.15, -0.1) is 11.3 Å². The highest BCUT2D eigenvalue weighted by atomic mass is 32.2. The highest BCUT2D eigenvalue weighted by Crippen LogP contribution is 2.21. The molecule has 10 heteroatoms. The number of carbonyl (C=O) groups is 3. The van der Waals surface area contributed by atoms with Crippen molar-refractivity contribution in [3.05, 3.63) is 82.0 Å². The number of sulfonamides is 1. The van der Waals surface area contributed by atoms with Crippen LogP contribution in [0.4, 0.5) is 5.69 Å². The Balaban J connectivity index is 1.31. The SMILES string of the molecule is O=C(COC(=O)c1ccc(NC(=O)c2cccs2)cc1)c1ccc(S(=O)(=O)N2CCCC2)cc1.